The minimum Gasteiger partial charge on any atom is -0.481 e. The van der Waals surface area contributed by atoms with Crippen molar-refractivity contribution in [2.24, 2.45) is 11.8 Å². The van der Waals surface area contributed by atoms with Crippen molar-refractivity contribution in [1.29, 1.82) is 0 Å². The summed E-state index contributed by atoms with van der Waals surface area (Å²) in [6, 6.07) is 5.55. The predicted octanol–water partition coefficient (Wildman–Crippen LogP) is 1.84. The molecule has 1 unspecified atom stereocenters. The SMILES string of the molecule is CC(C(=O)O)C1CN(c2ccccc2S(=O)(=O)C(F)F)C1. The smallest absolute Gasteiger partial charge is 0.341 e. The highest BCUT2D eigenvalue weighted by atomic mass is 32.2. The summed E-state index contributed by atoms with van der Waals surface area (Å²) in [6.45, 7) is 2.25. The Balaban J connectivity index is 2.23. The van der Waals surface area contributed by atoms with E-state index in [1.807, 2.05) is 0 Å². The van der Waals surface area contributed by atoms with Crippen molar-refractivity contribution >= 4 is 21.5 Å². The van der Waals surface area contributed by atoms with Crippen LogP contribution < -0.4 is 4.90 Å². The van der Waals surface area contributed by atoms with Crippen LogP contribution in [-0.4, -0.2) is 38.3 Å². The lowest BCUT2D eigenvalue weighted by molar-refractivity contribution is -0.143. The standard InChI is InChI=1S/C13H15F2NO4S/c1-8(12(17)18)9-6-16(7-9)10-4-2-3-5-11(10)21(19,20)13(14)15/h2-5,8-9,13H,6-7H2,1H3,(H,17,18). The fourth-order valence-electron chi connectivity index (χ4n) is 2.28. The second-order valence-electron chi connectivity index (χ2n) is 5.07. The molecule has 8 heteroatoms. The Labute approximate surface area is 121 Å². The maximum absolute atomic E-state index is 12.7. The van der Waals surface area contributed by atoms with Gasteiger partial charge < -0.3 is 10.0 Å². The molecule has 1 aliphatic rings. The molecule has 0 aromatic heterocycles. The number of hydrogen-bond acceptors (Lipinski definition) is 4. The number of anilines is 1. The largest absolute Gasteiger partial charge is 0.481 e. The van der Waals surface area contributed by atoms with Gasteiger partial charge >= 0.3 is 11.7 Å². The number of alkyl halides is 2. The number of carboxylic acids is 1. The van der Waals surface area contributed by atoms with Crippen molar-refractivity contribution in [2.75, 3.05) is 18.0 Å². The third-order valence-electron chi connectivity index (χ3n) is 3.75. The van der Waals surface area contributed by atoms with Gasteiger partial charge in [-0.1, -0.05) is 19.1 Å². The lowest BCUT2D eigenvalue weighted by Gasteiger charge is -2.43. The zero-order chi connectivity index (χ0) is 15.8. The first-order chi connectivity index (χ1) is 9.75. The normalized spacial score (nSPS) is 17.6. The third-order valence-corrected chi connectivity index (χ3v) is 5.18. The minimum absolute atomic E-state index is 0.121. The summed E-state index contributed by atoms with van der Waals surface area (Å²) < 4.78 is 48.7. The fourth-order valence-corrected chi connectivity index (χ4v) is 3.23. The van der Waals surface area contributed by atoms with Crippen LogP contribution in [0.3, 0.4) is 0 Å². The van der Waals surface area contributed by atoms with Crippen molar-refractivity contribution in [3.8, 4) is 0 Å². The maximum atomic E-state index is 12.7. The topological polar surface area (TPSA) is 74.7 Å². The molecule has 2 rings (SSSR count). The van der Waals surface area contributed by atoms with Crippen LogP contribution in [-0.2, 0) is 14.6 Å². The molecule has 0 aliphatic carbocycles. The average Bonchev–Trinajstić information content (AvgIpc) is 2.37. The highest BCUT2D eigenvalue weighted by Gasteiger charge is 2.38. The lowest BCUT2D eigenvalue weighted by Crippen LogP contribution is -2.51. The number of carboxylic acid groups (broad SMARTS) is 1. The number of aliphatic carboxylic acids is 1. The Morgan fingerprint density at radius 1 is 1.33 bits per heavy atom. The molecule has 1 aliphatic heterocycles. The van der Waals surface area contributed by atoms with Gasteiger partial charge in [-0.05, 0) is 12.1 Å². The van der Waals surface area contributed by atoms with E-state index in [1.54, 1.807) is 17.9 Å². The number of benzene rings is 1. The van der Waals surface area contributed by atoms with E-state index in [1.165, 1.54) is 12.1 Å². The predicted molar refractivity (Wildman–Crippen MR) is 72.1 cm³/mol. The molecule has 0 saturated carbocycles. The zero-order valence-corrected chi connectivity index (χ0v) is 12.1. The van der Waals surface area contributed by atoms with Gasteiger partial charge in [-0.25, -0.2) is 8.42 Å². The number of rotatable bonds is 5. The van der Waals surface area contributed by atoms with E-state index in [0.29, 0.717) is 13.1 Å². The summed E-state index contributed by atoms with van der Waals surface area (Å²) >= 11 is 0. The van der Waals surface area contributed by atoms with Crippen molar-refractivity contribution in [1.82, 2.24) is 0 Å². The van der Waals surface area contributed by atoms with Gasteiger partial charge in [0.05, 0.1) is 16.5 Å². The summed E-state index contributed by atoms with van der Waals surface area (Å²) in [5.74, 6) is -5.08. The van der Waals surface area contributed by atoms with Crippen LogP contribution in [0.2, 0.25) is 0 Å². The molecule has 0 radical (unpaired) electrons. The van der Waals surface area contributed by atoms with Gasteiger partial charge in [0.25, 0.3) is 0 Å². The van der Waals surface area contributed by atoms with Gasteiger partial charge in [0.2, 0.25) is 9.84 Å². The molecular formula is C13H15F2NO4S. The molecule has 0 bridgehead atoms. The number of para-hydroxylation sites is 1. The summed E-state index contributed by atoms with van der Waals surface area (Å²) in [5, 5.41) is 8.92. The Morgan fingerprint density at radius 2 is 1.90 bits per heavy atom. The molecule has 1 aromatic rings. The number of halogens is 2. The number of sulfone groups is 1. The van der Waals surface area contributed by atoms with E-state index in [9.17, 15) is 22.0 Å². The molecule has 1 aromatic carbocycles. The maximum Gasteiger partial charge on any atom is 0.341 e. The van der Waals surface area contributed by atoms with E-state index in [2.05, 4.69) is 0 Å². The van der Waals surface area contributed by atoms with Crippen LogP contribution in [0.15, 0.2) is 29.2 Å². The van der Waals surface area contributed by atoms with Crippen molar-refractivity contribution in [3.63, 3.8) is 0 Å². The minimum atomic E-state index is -4.67. The second kappa shape index (κ2) is 5.59. The van der Waals surface area contributed by atoms with E-state index in [0.717, 1.165) is 6.07 Å². The van der Waals surface area contributed by atoms with Crippen LogP contribution in [0.25, 0.3) is 0 Å². The van der Waals surface area contributed by atoms with Crippen LogP contribution in [0.1, 0.15) is 6.92 Å². The Morgan fingerprint density at radius 3 is 2.43 bits per heavy atom. The molecule has 0 amide bonds. The van der Waals surface area contributed by atoms with Crippen LogP contribution in [0, 0.1) is 11.8 Å². The van der Waals surface area contributed by atoms with E-state index >= 15 is 0 Å². The Hall–Kier alpha value is -1.70. The quantitative estimate of drug-likeness (QED) is 0.896. The van der Waals surface area contributed by atoms with Gasteiger partial charge in [-0.15, -0.1) is 0 Å². The fraction of sp³-hybridized carbons (Fsp3) is 0.462. The highest BCUT2D eigenvalue weighted by molar-refractivity contribution is 7.91. The first kappa shape index (κ1) is 15.7. The van der Waals surface area contributed by atoms with Gasteiger partial charge in [0.15, 0.2) is 0 Å². The Kier molecular flexibility index (Phi) is 4.18. The molecule has 1 saturated heterocycles. The zero-order valence-electron chi connectivity index (χ0n) is 11.2. The first-order valence-electron chi connectivity index (χ1n) is 6.34. The summed E-state index contributed by atoms with van der Waals surface area (Å²) in [7, 11) is -4.67. The Bertz CT molecular complexity index is 641. The summed E-state index contributed by atoms with van der Waals surface area (Å²) in [5.41, 5.74) is 0.201. The van der Waals surface area contributed by atoms with Gasteiger partial charge in [-0.2, -0.15) is 8.78 Å². The number of nitrogens with zero attached hydrogens (tertiary/aromatic N) is 1. The highest BCUT2D eigenvalue weighted by Crippen LogP contribution is 2.35. The molecule has 1 N–H and O–H groups in total. The average molecular weight is 319 g/mol. The molecule has 21 heavy (non-hydrogen) atoms. The molecule has 0 spiro atoms. The number of hydrogen-bond donors (Lipinski definition) is 1. The summed E-state index contributed by atoms with van der Waals surface area (Å²) in [4.78, 5) is 12.1. The third kappa shape index (κ3) is 2.85. The van der Waals surface area contributed by atoms with E-state index < -0.39 is 32.4 Å². The first-order valence-corrected chi connectivity index (χ1v) is 7.88. The van der Waals surface area contributed by atoms with Gasteiger partial charge in [0, 0.05) is 19.0 Å². The van der Waals surface area contributed by atoms with Crippen LogP contribution >= 0.6 is 0 Å². The van der Waals surface area contributed by atoms with Gasteiger partial charge in [0.1, 0.15) is 0 Å². The molecule has 1 atom stereocenters. The number of carbonyl (C=O) groups is 1. The van der Waals surface area contributed by atoms with E-state index in [4.69, 9.17) is 5.11 Å². The van der Waals surface area contributed by atoms with E-state index in [-0.39, 0.29) is 11.6 Å². The van der Waals surface area contributed by atoms with Crippen LogP contribution in [0.4, 0.5) is 14.5 Å². The lowest BCUT2D eigenvalue weighted by atomic mass is 9.87. The summed E-state index contributed by atoms with van der Waals surface area (Å²) in [6.07, 6.45) is 0. The second-order valence-corrected chi connectivity index (χ2v) is 6.95. The van der Waals surface area contributed by atoms with Crippen molar-refractivity contribution < 1.29 is 27.1 Å². The van der Waals surface area contributed by atoms with Crippen molar-refractivity contribution in [2.45, 2.75) is 17.6 Å². The molecular weight excluding hydrogens is 304 g/mol. The molecule has 5 nitrogen and oxygen atoms in total. The molecule has 1 heterocycles. The monoisotopic (exact) mass is 319 g/mol. The van der Waals surface area contributed by atoms with Gasteiger partial charge in [-0.3, -0.25) is 4.79 Å². The van der Waals surface area contributed by atoms with Crippen molar-refractivity contribution in [3.05, 3.63) is 24.3 Å². The molecule has 1 fully saturated rings. The molecule has 116 valence electrons. The van der Waals surface area contributed by atoms with Crippen LogP contribution in [0.5, 0.6) is 0 Å².